The third-order valence-electron chi connectivity index (χ3n) is 5.09. The van der Waals surface area contributed by atoms with Crippen LogP contribution in [0.5, 0.6) is 0 Å². The second kappa shape index (κ2) is 10.8. The van der Waals surface area contributed by atoms with Gasteiger partial charge in [0.2, 0.25) is 5.91 Å². The minimum atomic E-state index is -0.290. The van der Waals surface area contributed by atoms with Gasteiger partial charge in [0.05, 0.1) is 4.91 Å². The van der Waals surface area contributed by atoms with E-state index in [0.29, 0.717) is 35.2 Å². The van der Waals surface area contributed by atoms with Crippen LogP contribution in [0.3, 0.4) is 0 Å². The van der Waals surface area contributed by atoms with E-state index in [1.165, 1.54) is 11.8 Å². The van der Waals surface area contributed by atoms with Gasteiger partial charge in [-0.1, -0.05) is 82.4 Å². The molecule has 0 radical (unpaired) electrons. The van der Waals surface area contributed by atoms with Crippen LogP contribution in [0, 0.1) is 0 Å². The molecule has 0 aliphatic carbocycles. The zero-order valence-electron chi connectivity index (χ0n) is 18.5. The topological polar surface area (TPSA) is 40.6 Å². The van der Waals surface area contributed by atoms with Gasteiger partial charge >= 0.3 is 0 Å². The van der Waals surface area contributed by atoms with Crippen molar-refractivity contribution in [2.75, 3.05) is 6.54 Å². The van der Waals surface area contributed by atoms with Crippen LogP contribution in [0.15, 0.2) is 64.0 Å². The van der Waals surface area contributed by atoms with Crippen molar-refractivity contribution in [1.29, 1.82) is 0 Å². The minimum absolute atomic E-state index is 0.0801. The Kier molecular flexibility index (Phi) is 8.31. The van der Waals surface area contributed by atoms with Crippen molar-refractivity contribution in [3.05, 3.63) is 75.1 Å². The van der Waals surface area contributed by atoms with Gasteiger partial charge in [0.15, 0.2) is 0 Å². The molecule has 0 N–H and O–H groups in total. The number of carbonyl (C=O) groups is 2. The van der Waals surface area contributed by atoms with Gasteiger partial charge in [-0.05, 0) is 56.5 Å². The minimum Gasteiger partial charge on any atom is -0.334 e. The third-order valence-corrected chi connectivity index (χ3v) is 6.96. The van der Waals surface area contributed by atoms with Gasteiger partial charge in [-0.25, -0.2) is 0 Å². The fourth-order valence-corrected chi connectivity index (χ4v) is 5.15. The summed E-state index contributed by atoms with van der Waals surface area (Å²) in [6.45, 7) is 7.14. The fourth-order valence-electron chi connectivity index (χ4n) is 3.43. The Morgan fingerprint density at radius 3 is 2.53 bits per heavy atom. The van der Waals surface area contributed by atoms with E-state index in [1.807, 2.05) is 86.3 Å². The van der Waals surface area contributed by atoms with Crippen molar-refractivity contribution in [3.63, 3.8) is 0 Å². The van der Waals surface area contributed by atoms with Crippen LogP contribution < -0.4 is 0 Å². The highest BCUT2D eigenvalue weighted by atomic mass is 79.9. The van der Waals surface area contributed by atoms with Crippen molar-refractivity contribution in [1.82, 2.24) is 9.80 Å². The quantitative estimate of drug-likeness (QED) is 0.313. The van der Waals surface area contributed by atoms with Crippen LogP contribution >= 0.6 is 39.9 Å². The number of amides is 2. The number of carbonyl (C=O) groups excluding carboxylic acids is 2. The number of benzene rings is 2. The van der Waals surface area contributed by atoms with E-state index >= 15 is 0 Å². The number of rotatable bonds is 7. The summed E-state index contributed by atoms with van der Waals surface area (Å²) >= 11 is 10.2. The maximum absolute atomic E-state index is 13.0. The van der Waals surface area contributed by atoms with Crippen LogP contribution in [0.2, 0.25) is 0 Å². The summed E-state index contributed by atoms with van der Waals surface area (Å²) in [5.41, 5.74) is 1.75. The summed E-state index contributed by atoms with van der Waals surface area (Å²) in [6, 6.07) is 17.8. The third kappa shape index (κ3) is 6.53. The molecule has 2 amide bonds. The van der Waals surface area contributed by atoms with Gasteiger partial charge < -0.3 is 4.90 Å². The highest BCUT2D eigenvalue weighted by Crippen LogP contribution is 2.33. The monoisotopic (exact) mass is 530 g/mol. The van der Waals surface area contributed by atoms with E-state index in [1.54, 1.807) is 4.90 Å². The molecule has 32 heavy (non-hydrogen) atoms. The van der Waals surface area contributed by atoms with E-state index in [0.717, 1.165) is 15.6 Å². The van der Waals surface area contributed by atoms with Crippen molar-refractivity contribution in [2.45, 2.75) is 45.7 Å². The molecule has 168 valence electrons. The molecule has 1 saturated heterocycles. The maximum Gasteiger partial charge on any atom is 0.266 e. The SMILES string of the molecule is CC(C)(C)N(Cc1ccccc1)C(=O)CCCN1C(=O)/C(=C/c2cccc(Br)c2)SC1=S. The Hall–Kier alpha value is -1.96. The summed E-state index contributed by atoms with van der Waals surface area (Å²) in [5, 5.41) is 0. The Labute approximate surface area is 208 Å². The van der Waals surface area contributed by atoms with Crippen LogP contribution in [0.25, 0.3) is 6.08 Å². The molecule has 3 rings (SSSR count). The second-order valence-corrected chi connectivity index (χ2v) is 11.2. The summed E-state index contributed by atoms with van der Waals surface area (Å²) in [5.74, 6) is -0.0131. The van der Waals surface area contributed by atoms with Gasteiger partial charge in [0, 0.05) is 29.5 Å². The predicted octanol–water partition coefficient (Wildman–Crippen LogP) is 6.26. The van der Waals surface area contributed by atoms with Crippen LogP contribution in [0.1, 0.15) is 44.7 Å². The maximum atomic E-state index is 13.0. The lowest BCUT2D eigenvalue weighted by atomic mass is 10.0. The van der Waals surface area contributed by atoms with E-state index in [-0.39, 0.29) is 17.4 Å². The lowest BCUT2D eigenvalue weighted by Crippen LogP contribution is -2.45. The molecule has 2 aromatic carbocycles. The van der Waals surface area contributed by atoms with E-state index in [4.69, 9.17) is 12.2 Å². The molecule has 0 bridgehead atoms. The van der Waals surface area contributed by atoms with E-state index in [9.17, 15) is 9.59 Å². The largest absolute Gasteiger partial charge is 0.334 e. The molecule has 0 unspecified atom stereocenters. The number of thiocarbonyl (C=S) groups is 1. The summed E-state index contributed by atoms with van der Waals surface area (Å²) in [4.78, 5) is 30.0. The molecule has 1 aliphatic heterocycles. The molecule has 4 nitrogen and oxygen atoms in total. The number of hydrogen-bond acceptors (Lipinski definition) is 4. The molecular weight excluding hydrogens is 504 g/mol. The van der Waals surface area contributed by atoms with Crippen LogP contribution in [-0.4, -0.2) is 38.0 Å². The van der Waals surface area contributed by atoms with Crippen LogP contribution in [-0.2, 0) is 16.1 Å². The Bertz CT molecular complexity index is 1030. The van der Waals surface area contributed by atoms with Crippen molar-refractivity contribution >= 4 is 62.1 Å². The highest BCUT2D eigenvalue weighted by Gasteiger charge is 2.32. The standard InChI is InChI=1S/C25H27BrN2O2S2/c1-25(2,3)28(17-18-9-5-4-6-10-18)22(29)13-8-14-27-23(30)21(32-24(27)31)16-19-11-7-12-20(26)15-19/h4-7,9-12,15-16H,8,13-14,17H2,1-3H3/b21-16-. The summed E-state index contributed by atoms with van der Waals surface area (Å²) in [7, 11) is 0. The molecular formula is C25H27BrN2O2S2. The molecule has 2 aromatic rings. The Balaban J connectivity index is 1.60. The second-order valence-electron chi connectivity index (χ2n) is 8.63. The molecule has 1 fully saturated rings. The highest BCUT2D eigenvalue weighted by molar-refractivity contribution is 9.10. The number of thioether (sulfide) groups is 1. The molecule has 7 heteroatoms. The molecule has 0 spiro atoms. The predicted molar refractivity (Wildman–Crippen MR) is 140 cm³/mol. The van der Waals surface area contributed by atoms with E-state index < -0.39 is 0 Å². The molecule has 0 saturated carbocycles. The average Bonchev–Trinajstić information content (AvgIpc) is 2.99. The Morgan fingerprint density at radius 2 is 1.88 bits per heavy atom. The molecule has 0 atom stereocenters. The van der Waals surface area contributed by atoms with Crippen molar-refractivity contribution in [2.24, 2.45) is 0 Å². The molecule has 0 aromatic heterocycles. The first-order valence-electron chi connectivity index (χ1n) is 10.5. The van der Waals surface area contributed by atoms with Crippen LogP contribution in [0.4, 0.5) is 0 Å². The van der Waals surface area contributed by atoms with Gasteiger partial charge in [-0.3, -0.25) is 14.5 Å². The van der Waals surface area contributed by atoms with Gasteiger partial charge in [0.1, 0.15) is 4.32 Å². The number of nitrogens with zero attached hydrogens (tertiary/aromatic N) is 2. The zero-order valence-corrected chi connectivity index (χ0v) is 21.7. The van der Waals surface area contributed by atoms with Crippen molar-refractivity contribution < 1.29 is 9.59 Å². The Morgan fingerprint density at radius 1 is 1.16 bits per heavy atom. The lowest BCUT2D eigenvalue weighted by Gasteiger charge is -2.36. The first kappa shape index (κ1) is 24.7. The normalized spacial score (nSPS) is 15.5. The number of hydrogen-bond donors (Lipinski definition) is 0. The van der Waals surface area contributed by atoms with Crippen molar-refractivity contribution in [3.8, 4) is 0 Å². The fraction of sp³-hybridized carbons (Fsp3) is 0.320. The zero-order chi connectivity index (χ0) is 23.3. The lowest BCUT2D eigenvalue weighted by molar-refractivity contribution is -0.137. The summed E-state index contributed by atoms with van der Waals surface area (Å²) in [6.07, 6.45) is 2.79. The summed E-state index contributed by atoms with van der Waals surface area (Å²) < 4.78 is 1.50. The molecule has 1 heterocycles. The number of halogens is 1. The molecule has 1 aliphatic rings. The average molecular weight is 532 g/mol. The van der Waals surface area contributed by atoms with Gasteiger partial charge in [-0.15, -0.1) is 0 Å². The van der Waals surface area contributed by atoms with Gasteiger partial charge in [0.25, 0.3) is 5.91 Å². The first-order valence-corrected chi connectivity index (χ1v) is 12.5. The van der Waals surface area contributed by atoms with Gasteiger partial charge in [-0.2, -0.15) is 0 Å². The van der Waals surface area contributed by atoms with E-state index in [2.05, 4.69) is 15.9 Å². The first-order chi connectivity index (χ1) is 15.1. The smallest absolute Gasteiger partial charge is 0.266 e.